The number of nitrogens with zero attached hydrogens (tertiary/aromatic N) is 2. The Morgan fingerprint density at radius 1 is 1.44 bits per heavy atom. The molecular formula is C13H23N3. The molecule has 1 saturated carbocycles. The van der Waals surface area contributed by atoms with E-state index < -0.39 is 0 Å². The van der Waals surface area contributed by atoms with Gasteiger partial charge in [-0.25, -0.2) is 4.98 Å². The summed E-state index contributed by atoms with van der Waals surface area (Å²) in [5.74, 6) is 0.978. The van der Waals surface area contributed by atoms with Gasteiger partial charge in [-0.15, -0.1) is 0 Å². The zero-order valence-electron chi connectivity index (χ0n) is 10.2. The van der Waals surface area contributed by atoms with E-state index in [9.17, 15) is 0 Å². The Bertz CT molecular complexity index is 281. The predicted octanol–water partition coefficient (Wildman–Crippen LogP) is 2.44. The zero-order valence-corrected chi connectivity index (χ0v) is 10.2. The van der Waals surface area contributed by atoms with Crippen molar-refractivity contribution in [3.8, 4) is 0 Å². The maximum Gasteiger partial charge on any atom is 0.0945 e. The molecular weight excluding hydrogens is 198 g/mol. The first-order chi connectivity index (χ1) is 7.88. The highest BCUT2D eigenvalue weighted by atomic mass is 15.0. The van der Waals surface area contributed by atoms with Crippen LogP contribution in [0, 0.1) is 5.92 Å². The van der Waals surface area contributed by atoms with Crippen molar-refractivity contribution >= 4 is 0 Å². The second-order valence-corrected chi connectivity index (χ2v) is 4.89. The van der Waals surface area contributed by atoms with Gasteiger partial charge in [0.1, 0.15) is 0 Å². The van der Waals surface area contributed by atoms with Crippen molar-refractivity contribution in [1.82, 2.24) is 14.9 Å². The molecule has 1 aliphatic rings. The molecule has 1 aliphatic carbocycles. The van der Waals surface area contributed by atoms with Crippen LogP contribution in [0.1, 0.15) is 39.0 Å². The first-order valence-corrected chi connectivity index (χ1v) is 6.57. The first kappa shape index (κ1) is 11.6. The Balaban J connectivity index is 1.55. The van der Waals surface area contributed by atoms with Gasteiger partial charge in [-0.05, 0) is 38.1 Å². The molecule has 0 bridgehead atoms. The lowest BCUT2D eigenvalue weighted by Gasteiger charge is -2.12. The van der Waals surface area contributed by atoms with Crippen LogP contribution in [-0.2, 0) is 6.54 Å². The molecule has 2 unspecified atom stereocenters. The largest absolute Gasteiger partial charge is 0.337 e. The van der Waals surface area contributed by atoms with Crippen LogP contribution in [-0.4, -0.2) is 22.1 Å². The Morgan fingerprint density at radius 3 is 3.06 bits per heavy atom. The summed E-state index contributed by atoms with van der Waals surface area (Å²) in [6.45, 7) is 4.53. The van der Waals surface area contributed by atoms with Gasteiger partial charge in [0.2, 0.25) is 0 Å². The summed E-state index contributed by atoms with van der Waals surface area (Å²) < 4.78 is 2.14. The molecule has 90 valence electrons. The number of hydrogen-bond acceptors (Lipinski definition) is 2. The van der Waals surface area contributed by atoms with Crippen LogP contribution in [0.2, 0.25) is 0 Å². The smallest absolute Gasteiger partial charge is 0.0945 e. The molecule has 3 nitrogen and oxygen atoms in total. The van der Waals surface area contributed by atoms with E-state index in [-0.39, 0.29) is 0 Å². The van der Waals surface area contributed by atoms with Crippen LogP contribution < -0.4 is 5.32 Å². The van der Waals surface area contributed by atoms with Crippen LogP contribution >= 0.6 is 0 Å². The van der Waals surface area contributed by atoms with Gasteiger partial charge < -0.3 is 9.88 Å². The Morgan fingerprint density at radius 2 is 2.38 bits per heavy atom. The Labute approximate surface area is 98.3 Å². The van der Waals surface area contributed by atoms with E-state index in [1.54, 1.807) is 0 Å². The molecule has 16 heavy (non-hydrogen) atoms. The van der Waals surface area contributed by atoms with Crippen molar-refractivity contribution < 1.29 is 0 Å². The van der Waals surface area contributed by atoms with Gasteiger partial charge >= 0.3 is 0 Å². The lowest BCUT2D eigenvalue weighted by atomic mass is 10.1. The fourth-order valence-electron chi connectivity index (χ4n) is 2.62. The van der Waals surface area contributed by atoms with Crippen LogP contribution in [0.15, 0.2) is 18.7 Å². The highest BCUT2D eigenvalue weighted by molar-refractivity contribution is 4.80. The molecule has 0 amide bonds. The molecule has 1 N–H and O–H groups in total. The maximum absolute atomic E-state index is 4.04. The minimum absolute atomic E-state index is 0.785. The SMILES string of the molecule is CCC1CCC(NCCCn2ccnc2)C1. The highest BCUT2D eigenvalue weighted by Gasteiger charge is 2.22. The van der Waals surface area contributed by atoms with Crippen molar-refractivity contribution in [3.05, 3.63) is 18.7 Å². The van der Waals surface area contributed by atoms with Crippen LogP contribution in [0.4, 0.5) is 0 Å². The molecule has 0 radical (unpaired) electrons. The van der Waals surface area contributed by atoms with Crippen molar-refractivity contribution in [2.24, 2.45) is 5.92 Å². The summed E-state index contributed by atoms with van der Waals surface area (Å²) in [6.07, 6.45) is 12.5. The molecule has 0 spiro atoms. The molecule has 1 aromatic heterocycles. The number of rotatable bonds is 6. The molecule has 1 fully saturated rings. The third-order valence-corrected chi connectivity index (χ3v) is 3.70. The van der Waals surface area contributed by atoms with Crippen molar-refractivity contribution in [3.63, 3.8) is 0 Å². The van der Waals surface area contributed by atoms with Gasteiger partial charge in [-0.3, -0.25) is 0 Å². The lowest BCUT2D eigenvalue weighted by molar-refractivity contribution is 0.464. The maximum atomic E-state index is 4.04. The van der Waals surface area contributed by atoms with Crippen molar-refractivity contribution in [2.45, 2.75) is 51.6 Å². The molecule has 1 aromatic rings. The topological polar surface area (TPSA) is 29.9 Å². The minimum atomic E-state index is 0.785. The van der Waals surface area contributed by atoms with E-state index in [1.807, 2.05) is 18.7 Å². The van der Waals surface area contributed by atoms with E-state index in [4.69, 9.17) is 0 Å². The van der Waals surface area contributed by atoms with E-state index >= 15 is 0 Å². The third kappa shape index (κ3) is 3.34. The van der Waals surface area contributed by atoms with Crippen LogP contribution in [0.5, 0.6) is 0 Å². The molecule has 3 heteroatoms. The molecule has 0 aromatic carbocycles. The fraction of sp³-hybridized carbons (Fsp3) is 0.769. The second-order valence-electron chi connectivity index (χ2n) is 4.89. The highest BCUT2D eigenvalue weighted by Crippen LogP contribution is 2.27. The fourth-order valence-corrected chi connectivity index (χ4v) is 2.62. The summed E-state index contributed by atoms with van der Waals surface area (Å²) in [7, 11) is 0. The first-order valence-electron chi connectivity index (χ1n) is 6.57. The number of hydrogen-bond donors (Lipinski definition) is 1. The second kappa shape index (κ2) is 6.04. The molecule has 0 aliphatic heterocycles. The molecule has 1 heterocycles. The summed E-state index contributed by atoms with van der Waals surface area (Å²) >= 11 is 0. The minimum Gasteiger partial charge on any atom is -0.337 e. The average molecular weight is 221 g/mol. The number of imidazole rings is 1. The van der Waals surface area contributed by atoms with E-state index in [0.717, 1.165) is 25.0 Å². The monoisotopic (exact) mass is 221 g/mol. The van der Waals surface area contributed by atoms with Gasteiger partial charge in [0.25, 0.3) is 0 Å². The summed E-state index contributed by atoms with van der Waals surface area (Å²) in [5, 5.41) is 3.67. The summed E-state index contributed by atoms with van der Waals surface area (Å²) in [4.78, 5) is 4.04. The van der Waals surface area contributed by atoms with Crippen LogP contribution in [0.3, 0.4) is 0 Å². The Hall–Kier alpha value is -0.830. The lowest BCUT2D eigenvalue weighted by Crippen LogP contribution is -2.28. The van der Waals surface area contributed by atoms with Gasteiger partial charge in [0.15, 0.2) is 0 Å². The molecule has 2 rings (SSSR count). The van der Waals surface area contributed by atoms with Gasteiger partial charge in [-0.1, -0.05) is 13.3 Å². The van der Waals surface area contributed by atoms with E-state index in [2.05, 4.69) is 21.8 Å². The van der Waals surface area contributed by atoms with Crippen molar-refractivity contribution in [1.29, 1.82) is 0 Å². The number of aryl methyl sites for hydroxylation is 1. The van der Waals surface area contributed by atoms with Gasteiger partial charge in [-0.2, -0.15) is 0 Å². The summed E-state index contributed by atoms with van der Waals surface area (Å²) in [5.41, 5.74) is 0. The van der Waals surface area contributed by atoms with Crippen molar-refractivity contribution in [2.75, 3.05) is 6.54 Å². The number of aromatic nitrogens is 2. The zero-order chi connectivity index (χ0) is 11.2. The average Bonchev–Trinajstić information content (AvgIpc) is 2.95. The molecule has 0 saturated heterocycles. The molecule has 2 atom stereocenters. The van der Waals surface area contributed by atoms with Gasteiger partial charge in [0.05, 0.1) is 6.33 Å². The normalized spacial score (nSPS) is 25.1. The van der Waals surface area contributed by atoms with Crippen LogP contribution in [0.25, 0.3) is 0 Å². The Kier molecular flexibility index (Phi) is 4.40. The third-order valence-electron chi connectivity index (χ3n) is 3.70. The predicted molar refractivity (Wildman–Crippen MR) is 66.3 cm³/mol. The van der Waals surface area contributed by atoms with E-state index in [0.29, 0.717) is 0 Å². The van der Waals surface area contributed by atoms with Gasteiger partial charge in [0, 0.05) is 25.0 Å². The standard InChI is InChI=1S/C13H23N3/c1-2-12-4-5-13(10-12)15-6-3-8-16-9-7-14-11-16/h7,9,11-13,15H,2-6,8,10H2,1H3. The quantitative estimate of drug-likeness (QED) is 0.748. The van der Waals surface area contributed by atoms with E-state index in [1.165, 1.54) is 32.1 Å². The number of nitrogens with one attached hydrogen (secondary N) is 1. The summed E-state index contributed by atoms with van der Waals surface area (Å²) in [6, 6.07) is 0.785.